The summed E-state index contributed by atoms with van der Waals surface area (Å²) in [5, 5.41) is 0. The van der Waals surface area contributed by atoms with Crippen LogP contribution in [0.3, 0.4) is 0 Å². The molecule has 0 heterocycles. The number of carbonyl (C=O) groups excluding carboxylic acids is 3. The molecule has 0 saturated heterocycles. The van der Waals surface area contributed by atoms with Crippen LogP contribution in [-0.4, -0.2) is 37.2 Å². The maximum absolute atomic E-state index is 12.8. The topological polar surface area (TPSA) is 78.9 Å². The van der Waals surface area contributed by atoms with Gasteiger partial charge in [-0.05, 0) is 51.4 Å². The van der Waals surface area contributed by atoms with Gasteiger partial charge in [-0.1, -0.05) is 276 Å². The van der Waals surface area contributed by atoms with Crippen LogP contribution in [-0.2, 0) is 28.6 Å². The summed E-state index contributed by atoms with van der Waals surface area (Å²) in [5.41, 5.74) is 0. The molecule has 1 atom stereocenters. The molecule has 0 saturated carbocycles. The summed E-state index contributed by atoms with van der Waals surface area (Å²) in [6.07, 6.45) is 64.7. The first kappa shape index (κ1) is 63.9. The van der Waals surface area contributed by atoms with Gasteiger partial charge in [-0.15, -0.1) is 0 Å². The molecule has 0 rings (SSSR count). The van der Waals surface area contributed by atoms with Gasteiger partial charge in [0.15, 0.2) is 6.10 Å². The molecule has 388 valence electrons. The Kier molecular flexibility index (Phi) is 53.7. The smallest absolute Gasteiger partial charge is 0.306 e. The monoisotopic (exact) mass is 929 g/mol. The number of unbranched alkanes of at least 4 members (excludes halogenated alkanes) is 39. The second-order valence-electron chi connectivity index (χ2n) is 19.9. The van der Waals surface area contributed by atoms with Gasteiger partial charge < -0.3 is 14.2 Å². The van der Waals surface area contributed by atoms with Crippen molar-refractivity contribution in [2.24, 2.45) is 0 Å². The van der Waals surface area contributed by atoms with Gasteiger partial charge in [0.2, 0.25) is 0 Å². The molecule has 0 aliphatic heterocycles. The van der Waals surface area contributed by atoms with E-state index in [1.807, 2.05) is 0 Å². The van der Waals surface area contributed by atoms with Gasteiger partial charge in [-0.2, -0.15) is 0 Å². The zero-order valence-electron chi connectivity index (χ0n) is 44.5. The molecule has 0 spiro atoms. The van der Waals surface area contributed by atoms with Crippen molar-refractivity contribution < 1.29 is 28.6 Å². The molecule has 0 aromatic rings. The van der Waals surface area contributed by atoms with Crippen molar-refractivity contribution >= 4 is 17.9 Å². The Morgan fingerprint density at radius 3 is 0.833 bits per heavy atom. The second kappa shape index (κ2) is 55.5. The summed E-state index contributed by atoms with van der Waals surface area (Å²) >= 11 is 0. The van der Waals surface area contributed by atoms with Gasteiger partial charge >= 0.3 is 17.9 Å². The third kappa shape index (κ3) is 52.9. The van der Waals surface area contributed by atoms with Crippen LogP contribution >= 0.6 is 0 Å². The number of esters is 3. The van der Waals surface area contributed by atoms with E-state index < -0.39 is 6.10 Å². The van der Waals surface area contributed by atoms with Gasteiger partial charge in [-0.25, -0.2) is 0 Å². The highest BCUT2D eigenvalue weighted by Crippen LogP contribution is 2.17. The minimum absolute atomic E-state index is 0.0656. The van der Waals surface area contributed by atoms with E-state index in [1.54, 1.807) is 0 Å². The Morgan fingerprint density at radius 2 is 0.545 bits per heavy atom. The van der Waals surface area contributed by atoms with Crippen LogP contribution in [0.25, 0.3) is 0 Å². The van der Waals surface area contributed by atoms with E-state index in [0.717, 1.165) is 64.2 Å². The first-order chi connectivity index (χ1) is 32.5. The summed E-state index contributed by atoms with van der Waals surface area (Å²) in [6, 6.07) is 0. The van der Waals surface area contributed by atoms with E-state index in [1.165, 1.54) is 218 Å². The molecule has 66 heavy (non-hydrogen) atoms. The average molecular weight is 930 g/mol. The van der Waals surface area contributed by atoms with Crippen molar-refractivity contribution in [1.82, 2.24) is 0 Å². The van der Waals surface area contributed by atoms with Crippen LogP contribution in [0.1, 0.15) is 323 Å². The second-order valence-corrected chi connectivity index (χ2v) is 19.9. The van der Waals surface area contributed by atoms with E-state index >= 15 is 0 Å². The summed E-state index contributed by atoms with van der Waals surface area (Å²) in [7, 11) is 0. The zero-order valence-corrected chi connectivity index (χ0v) is 44.5. The molecule has 0 aliphatic carbocycles. The summed E-state index contributed by atoms with van der Waals surface area (Å²) in [5.74, 6) is -0.848. The van der Waals surface area contributed by atoms with Crippen molar-refractivity contribution in [1.29, 1.82) is 0 Å². The molecule has 0 radical (unpaired) electrons. The fourth-order valence-corrected chi connectivity index (χ4v) is 8.77. The van der Waals surface area contributed by atoms with E-state index in [2.05, 4.69) is 45.1 Å². The Bertz CT molecular complexity index is 1070. The molecule has 0 bridgehead atoms. The Morgan fingerprint density at radius 1 is 0.303 bits per heavy atom. The van der Waals surface area contributed by atoms with Gasteiger partial charge in [-0.3, -0.25) is 14.4 Å². The molecule has 6 nitrogen and oxygen atoms in total. The van der Waals surface area contributed by atoms with E-state index in [9.17, 15) is 14.4 Å². The van der Waals surface area contributed by atoms with Crippen molar-refractivity contribution in [2.75, 3.05) is 13.2 Å². The molecule has 0 N–H and O–H groups in total. The van der Waals surface area contributed by atoms with Crippen molar-refractivity contribution in [2.45, 2.75) is 329 Å². The molecule has 1 unspecified atom stereocenters. The van der Waals surface area contributed by atoms with E-state index in [4.69, 9.17) is 14.2 Å². The fraction of sp³-hybridized carbons (Fsp3) is 0.883. The average Bonchev–Trinajstić information content (AvgIpc) is 3.31. The van der Waals surface area contributed by atoms with Crippen LogP contribution < -0.4 is 0 Å². The molecule has 0 fully saturated rings. The van der Waals surface area contributed by atoms with Gasteiger partial charge in [0.1, 0.15) is 13.2 Å². The third-order valence-electron chi connectivity index (χ3n) is 13.2. The predicted molar refractivity (Wildman–Crippen MR) is 284 cm³/mol. The lowest BCUT2D eigenvalue weighted by Gasteiger charge is -2.18. The van der Waals surface area contributed by atoms with Crippen molar-refractivity contribution in [3.8, 4) is 0 Å². The van der Waals surface area contributed by atoms with E-state index in [0.29, 0.717) is 19.3 Å². The highest BCUT2D eigenvalue weighted by Gasteiger charge is 2.19. The van der Waals surface area contributed by atoms with Crippen molar-refractivity contribution in [3.63, 3.8) is 0 Å². The number of carbonyl (C=O) groups is 3. The largest absolute Gasteiger partial charge is 0.462 e. The maximum Gasteiger partial charge on any atom is 0.306 e. The molecule has 0 aromatic heterocycles. The van der Waals surface area contributed by atoms with Gasteiger partial charge in [0, 0.05) is 19.3 Å². The van der Waals surface area contributed by atoms with E-state index in [-0.39, 0.29) is 31.1 Å². The maximum atomic E-state index is 12.8. The SMILES string of the molecule is CCCCCCC/C=C\C/C=C\CCCCCCCCCCCCCCCC(=O)OCC(COC(=O)CCCCCCCCCCCC)OC(=O)CCCCCCCCCCCCCCC. The number of hydrogen-bond acceptors (Lipinski definition) is 6. The Labute approximate surface area is 411 Å². The van der Waals surface area contributed by atoms with Gasteiger partial charge in [0.25, 0.3) is 0 Å². The van der Waals surface area contributed by atoms with Crippen molar-refractivity contribution in [3.05, 3.63) is 24.3 Å². The number of allylic oxidation sites excluding steroid dienone is 4. The Hall–Kier alpha value is -2.11. The first-order valence-corrected chi connectivity index (χ1v) is 29.3. The number of hydrogen-bond donors (Lipinski definition) is 0. The minimum Gasteiger partial charge on any atom is -0.462 e. The lowest BCUT2D eigenvalue weighted by molar-refractivity contribution is -0.167. The van der Waals surface area contributed by atoms with Crippen LogP contribution in [0.4, 0.5) is 0 Å². The van der Waals surface area contributed by atoms with Gasteiger partial charge in [0.05, 0.1) is 0 Å². The van der Waals surface area contributed by atoms with Crippen LogP contribution in [0, 0.1) is 0 Å². The first-order valence-electron chi connectivity index (χ1n) is 29.3. The minimum atomic E-state index is -0.764. The van der Waals surface area contributed by atoms with Crippen LogP contribution in [0.2, 0.25) is 0 Å². The summed E-state index contributed by atoms with van der Waals surface area (Å²) in [6.45, 7) is 6.66. The summed E-state index contributed by atoms with van der Waals surface area (Å²) in [4.78, 5) is 38.0. The lowest BCUT2D eigenvalue weighted by atomic mass is 10.0. The highest BCUT2D eigenvalue weighted by molar-refractivity contribution is 5.71. The van der Waals surface area contributed by atoms with Crippen LogP contribution in [0.5, 0.6) is 0 Å². The highest BCUT2D eigenvalue weighted by atomic mass is 16.6. The molecule has 0 aliphatic rings. The quantitative estimate of drug-likeness (QED) is 0.0262. The third-order valence-corrected chi connectivity index (χ3v) is 13.2. The normalized spacial score (nSPS) is 12.1. The fourth-order valence-electron chi connectivity index (χ4n) is 8.77. The molecule has 0 aromatic carbocycles. The molecule has 0 amide bonds. The predicted octanol–water partition coefficient (Wildman–Crippen LogP) is 19.5. The summed E-state index contributed by atoms with van der Waals surface area (Å²) < 4.78 is 16.8. The zero-order chi connectivity index (χ0) is 47.9. The number of ether oxygens (including phenoxy) is 3. The standard InChI is InChI=1S/C60H112O6/c1-4-7-10-13-16-19-22-24-25-26-27-28-29-30-31-32-33-34-35-37-38-41-44-47-50-53-59(62)65-56-57(55-64-58(61)52-49-46-43-40-21-18-15-12-9-6-3)66-60(63)54-51-48-45-42-39-36-23-20-17-14-11-8-5-2/h22,24,26-27,57H,4-21,23,25,28-56H2,1-3H3/b24-22-,27-26-. The van der Waals surface area contributed by atoms with Crippen LogP contribution in [0.15, 0.2) is 24.3 Å². The number of rotatable bonds is 54. The molecule has 6 heteroatoms. The Balaban J connectivity index is 4.16. The lowest BCUT2D eigenvalue weighted by Crippen LogP contribution is -2.30. The molecular formula is C60H112O6. The molecular weight excluding hydrogens is 817 g/mol.